The molecule has 6 heteroatoms. The Morgan fingerprint density at radius 3 is 2.61 bits per heavy atom. The van der Waals surface area contributed by atoms with Crippen LogP contribution >= 0.6 is 27.7 Å². The Kier molecular flexibility index (Phi) is 4.40. The van der Waals surface area contributed by atoms with Gasteiger partial charge in [0, 0.05) is 33.0 Å². The van der Waals surface area contributed by atoms with Gasteiger partial charge in [-0.05, 0) is 36.8 Å². The zero-order valence-corrected chi connectivity index (χ0v) is 17.7. The summed E-state index contributed by atoms with van der Waals surface area (Å²) >= 11 is 5.18. The number of aryl methyl sites for hydroxylation is 1. The number of nitrogens with zero attached hydrogens (tertiary/aromatic N) is 2. The molecule has 1 N–H and O–H groups in total. The number of para-hydroxylation sites is 1. The van der Waals surface area contributed by atoms with Crippen LogP contribution in [0.2, 0.25) is 0 Å². The third-order valence-electron chi connectivity index (χ3n) is 5.26. The smallest absolute Gasteiger partial charge is 0.171 e. The molecule has 0 spiro atoms. The highest BCUT2D eigenvalue weighted by atomic mass is 79.9. The van der Waals surface area contributed by atoms with E-state index < -0.39 is 0 Å². The third-order valence-corrected chi connectivity index (χ3v) is 6.75. The van der Waals surface area contributed by atoms with E-state index in [2.05, 4.69) is 33.4 Å². The Morgan fingerprint density at radius 1 is 1.11 bits per heavy atom. The highest BCUT2D eigenvalue weighted by molar-refractivity contribution is 9.10. The fraction of sp³-hybridized carbons (Fsp3) is 0.182. The van der Waals surface area contributed by atoms with Gasteiger partial charge in [0.05, 0.1) is 17.1 Å². The van der Waals surface area contributed by atoms with Crippen LogP contribution in [0.3, 0.4) is 0 Å². The lowest BCUT2D eigenvalue weighted by Gasteiger charge is -2.32. The minimum absolute atomic E-state index is 0.0924. The number of anilines is 1. The van der Waals surface area contributed by atoms with Crippen LogP contribution in [0.15, 0.2) is 70.3 Å². The lowest BCUT2D eigenvalue weighted by Crippen LogP contribution is -2.29. The van der Waals surface area contributed by atoms with Gasteiger partial charge in [-0.2, -0.15) is 5.10 Å². The topological polar surface area (TPSA) is 46.9 Å². The van der Waals surface area contributed by atoms with Gasteiger partial charge in [-0.3, -0.25) is 4.79 Å². The van der Waals surface area contributed by atoms with Gasteiger partial charge in [0.15, 0.2) is 5.78 Å². The second-order valence-corrected chi connectivity index (χ2v) is 8.91. The monoisotopic (exact) mass is 451 g/mol. The molecule has 2 aromatic carbocycles. The van der Waals surface area contributed by atoms with Gasteiger partial charge >= 0.3 is 0 Å². The molecule has 0 amide bonds. The molecule has 0 aliphatic carbocycles. The number of halogens is 1. The SMILES string of the molecule is Cc1nn(-c2ccccc2)c2c1C(c1ccc(Br)cc1)C1=C(CSCC1=O)N2. The second-order valence-electron chi connectivity index (χ2n) is 7.01. The van der Waals surface area contributed by atoms with Crippen molar-refractivity contribution in [2.45, 2.75) is 12.8 Å². The first-order chi connectivity index (χ1) is 13.6. The second kappa shape index (κ2) is 6.94. The molecule has 0 radical (unpaired) electrons. The number of hydrogen-bond donors (Lipinski definition) is 1. The Bertz CT molecular complexity index is 1100. The van der Waals surface area contributed by atoms with Crippen LogP contribution in [0, 0.1) is 6.92 Å². The summed E-state index contributed by atoms with van der Waals surface area (Å²) < 4.78 is 2.99. The van der Waals surface area contributed by atoms with E-state index in [0.29, 0.717) is 5.75 Å². The maximum Gasteiger partial charge on any atom is 0.171 e. The van der Waals surface area contributed by atoms with Crippen molar-refractivity contribution in [1.29, 1.82) is 0 Å². The number of ketones is 1. The molecule has 1 aromatic heterocycles. The summed E-state index contributed by atoms with van der Waals surface area (Å²) in [5.74, 6) is 2.43. The number of carbonyl (C=O) groups is 1. The van der Waals surface area contributed by atoms with Crippen LogP contribution in [0.4, 0.5) is 5.82 Å². The first-order valence-electron chi connectivity index (χ1n) is 9.15. The van der Waals surface area contributed by atoms with Crippen molar-refractivity contribution < 1.29 is 4.79 Å². The zero-order valence-electron chi connectivity index (χ0n) is 15.3. The number of hydrogen-bond acceptors (Lipinski definition) is 4. The predicted octanol–water partition coefficient (Wildman–Crippen LogP) is 5.07. The largest absolute Gasteiger partial charge is 0.342 e. The molecule has 3 heterocycles. The number of nitrogens with one attached hydrogen (secondary N) is 1. The van der Waals surface area contributed by atoms with E-state index in [-0.39, 0.29) is 11.7 Å². The number of fused-ring (bicyclic) bond motifs is 1. The molecule has 0 fully saturated rings. The molecule has 2 aliphatic rings. The van der Waals surface area contributed by atoms with Crippen molar-refractivity contribution in [3.05, 3.63) is 87.2 Å². The number of rotatable bonds is 2. The number of aromatic nitrogens is 2. The lowest BCUT2D eigenvalue weighted by atomic mass is 9.80. The molecule has 0 saturated heterocycles. The molecular formula is C22H18BrN3OS. The maximum absolute atomic E-state index is 12.9. The summed E-state index contributed by atoms with van der Waals surface area (Å²) in [5, 5.41) is 8.40. The summed E-state index contributed by atoms with van der Waals surface area (Å²) in [7, 11) is 0. The number of Topliss-reactive ketones (excluding diaryl/α,β-unsaturated/α-hetero) is 1. The third kappa shape index (κ3) is 2.83. The highest BCUT2D eigenvalue weighted by Crippen LogP contribution is 2.46. The molecule has 0 saturated carbocycles. The molecule has 140 valence electrons. The minimum atomic E-state index is -0.0924. The molecule has 1 atom stereocenters. The Balaban J connectivity index is 1.75. The van der Waals surface area contributed by atoms with E-state index >= 15 is 0 Å². The van der Waals surface area contributed by atoms with Crippen LogP contribution in [0.25, 0.3) is 5.69 Å². The molecule has 1 unspecified atom stereocenters. The van der Waals surface area contributed by atoms with Crippen molar-refractivity contribution in [2.24, 2.45) is 0 Å². The van der Waals surface area contributed by atoms with Crippen LogP contribution in [-0.4, -0.2) is 27.1 Å². The van der Waals surface area contributed by atoms with Gasteiger partial charge in [-0.1, -0.05) is 46.3 Å². The van der Waals surface area contributed by atoms with Crippen LogP contribution in [0.1, 0.15) is 22.7 Å². The fourth-order valence-electron chi connectivity index (χ4n) is 4.05. The van der Waals surface area contributed by atoms with E-state index in [1.54, 1.807) is 11.8 Å². The molecular weight excluding hydrogens is 434 g/mol. The van der Waals surface area contributed by atoms with Crippen molar-refractivity contribution in [3.8, 4) is 5.69 Å². The number of allylic oxidation sites excluding steroid dienone is 1. The highest BCUT2D eigenvalue weighted by Gasteiger charge is 2.38. The number of carbonyl (C=O) groups excluding carboxylic acids is 1. The van der Waals surface area contributed by atoms with Gasteiger partial charge < -0.3 is 5.32 Å². The molecule has 28 heavy (non-hydrogen) atoms. The molecule has 4 nitrogen and oxygen atoms in total. The van der Waals surface area contributed by atoms with E-state index in [9.17, 15) is 4.79 Å². The minimum Gasteiger partial charge on any atom is -0.342 e. The quantitative estimate of drug-likeness (QED) is 0.590. The van der Waals surface area contributed by atoms with Gasteiger partial charge in [-0.15, -0.1) is 11.8 Å². The Labute approximate surface area is 176 Å². The van der Waals surface area contributed by atoms with Gasteiger partial charge in [0.25, 0.3) is 0 Å². The Hall–Kier alpha value is -2.31. The predicted molar refractivity (Wildman–Crippen MR) is 117 cm³/mol. The molecule has 5 rings (SSSR count). The van der Waals surface area contributed by atoms with Crippen molar-refractivity contribution in [1.82, 2.24) is 9.78 Å². The molecule has 3 aromatic rings. The van der Waals surface area contributed by atoms with E-state index in [4.69, 9.17) is 5.10 Å². The zero-order chi connectivity index (χ0) is 19.3. The first-order valence-corrected chi connectivity index (χ1v) is 11.1. The lowest BCUT2D eigenvalue weighted by molar-refractivity contribution is -0.113. The van der Waals surface area contributed by atoms with Gasteiger partial charge in [0.1, 0.15) is 5.82 Å². The van der Waals surface area contributed by atoms with Crippen molar-refractivity contribution in [2.75, 3.05) is 16.8 Å². The Morgan fingerprint density at radius 2 is 1.86 bits per heavy atom. The summed E-state index contributed by atoms with van der Waals surface area (Å²) in [6, 6.07) is 18.4. The van der Waals surface area contributed by atoms with Crippen LogP contribution < -0.4 is 5.32 Å². The fourth-order valence-corrected chi connectivity index (χ4v) is 5.18. The maximum atomic E-state index is 12.9. The van der Waals surface area contributed by atoms with E-state index in [1.807, 2.05) is 54.1 Å². The summed E-state index contributed by atoms with van der Waals surface area (Å²) in [4.78, 5) is 12.9. The average molecular weight is 452 g/mol. The van der Waals surface area contributed by atoms with Crippen LogP contribution in [-0.2, 0) is 4.79 Å². The van der Waals surface area contributed by atoms with Gasteiger partial charge in [-0.25, -0.2) is 4.68 Å². The number of benzene rings is 2. The van der Waals surface area contributed by atoms with Gasteiger partial charge in [0.2, 0.25) is 0 Å². The summed E-state index contributed by atoms with van der Waals surface area (Å²) in [6.07, 6.45) is 0. The summed E-state index contributed by atoms with van der Waals surface area (Å²) in [5.41, 5.74) is 6.06. The number of thioether (sulfide) groups is 1. The van der Waals surface area contributed by atoms with E-state index in [1.165, 1.54) is 0 Å². The standard InChI is InChI=1S/C22H18BrN3OS/c1-13-19-20(14-7-9-15(23)10-8-14)21-17(11-28-12-18(21)27)24-22(19)26(25-13)16-5-3-2-4-6-16/h2-10,20,24H,11-12H2,1H3. The first kappa shape index (κ1) is 17.8. The van der Waals surface area contributed by atoms with Crippen molar-refractivity contribution in [3.63, 3.8) is 0 Å². The van der Waals surface area contributed by atoms with Crippen LogP contribution in [0.5, 0.6) is 0 Å². The van der Waals surface area contributed by atoms with E-state index in [0.717, 1.165) is 49.8 Å². The average Bonchev–Trinajstić information content (AvgIpc) is 3.04. The summed E-state index contributed by atoms with van der Waals surface area (Å²) in [6.45, 7) is 2.03. The molecule has 0 bridgehead atoms. The van der Waals surface area contributed by atoms with Crippen molar-refractivity contribution >= 4 is 39.3 Å². The molecule has 2 aliphatic heterocycles. The normalized spacial score (nSPS) is 18.5.